The Kier molecular flexibility index (Phi) is 3.85. The van der Waals surface area contributed by atoms with E-state index in [1.165, 1.54) is 0 Å². The number of aromatic nitrogens is 1. The molecule has 1 aliphatic carbocycles. The number of likely N-dealkylation sites (tertiary alicyclic amines) is 1. The summed E-state index contributed by atoms with van der Waals surface area (Å²) >= 11 is 0. The van der Waals surface area contributed by atoms with Crippen LogP contribution in [0.25, 0.3) is 0 Å². The highest BCUT2D eigenvalue weighted by atomic mass is 16.4. The number of carbonyl (C=O) groups is 1. The summed E-state index contributed by atoms with van der Waals surface area (Å²) in [5, 5.41) is 12.8. The smallest absolute Gasteiger partial charge is 0.339 e. The average Bonchev–Trinajstić information content (AvgIpc) is 2.89. The molecule has 21 heavy (non-hydrogen) atoms. The number of nitrogens with one attached hydrogen (secondary N) is 1. The number of aromatic carboxylic acids is 1. The second kappa shape index (κ2) is 5.64. The number of aryl methyl sites for hydroxylation is 2. The zero-order valence-corrected chi connectivity index (χ0v) is 12.7. The summed E-state index contributed by atoms with van der Waals surface area (Å²) in [6.07, 6.45) is 5.05. The topological polar surface area (TPSA) is 65.5 Å². The first kappa shape index (κ1) is 14.3. The predicted octanol–water partition coefficient (Wildman–Crippen LogP) is 2.16. The van der Waals surface area contributed by atoms with Gasteiger partial charge in [-0.2, -0.15) is 0 Å². The van der Waals surface area contributed by atoms with E-state index in [-0.39, 0.29) is 0 Å². The number of hydrogen-bond acceptors (Lipinski definition) is 4. The van der Waals surface area contributed by atoms with Crippen LogP contribution in [0, 0.1) is 0 Å². The van der Waals surface area contributed by atoms with Crippen molar-refractivity contribution in [1.82, 2.24) is 9.88 Å². The fraction of sp³-hybridized carbons (Fsp3) is 0.625. The molecule has 2 N–H and O–H groups in total. The molecule has 0 bridgehead atoms. The Labute approximate surface area is 125 Å². The van der Waals surface area contributed by atoms with Crippen molar-refractivity contribution in [2.24, 2.45) is 0 Å². The molecule has 2 atom stereocenters. The lowest BCUT2D eigenvalue weighted by atomic mass is 9.98. The van der Waals surface area contributed by atoms with E-state index in [9.17, 15) is 9.90 Å². The molecule has 0 aromatic carbocycles. The highest BCUT2D eigenvalue weighted by Crippen LogP contribution is 2.27. The molecule has 0 saturated carbocycles. The Bertz CT molecular complexity index is 559. The summed E-state index contributed by atoms with van der Waals surface area (Å²) in [4.78, 5) is 18.4. The van der Waals surface area contributed by atoms with Gasteiger partial charge >= 0.3 is 5.97 Å². The van der Waals surface area contributed by atoms with Crippen molar-refractivity contribution < 1.29 is 9.90 Å². The van der Waals surface area contributed by atoms with Crippen molar-refractivity contribution in [2.75, 3.05) is 18.9 Å². The van der Waals surface area contributed by atoms with Gasteiger partial charge < -0.3 is 15.3 Å². The minimum absolute atomic E-state index is 0.307. The normalized spacial score (nSPS) is 25.6. The molecule has 0 spiro atoms. The quantitative estimate of drug-likeness (QED) is 0.892. The third kappa shape index (κ3) is 2.88. The maximum absolute atomic E-state index is 11.5. The summed E-state index contributed by atoms with van der Waals surface area (Å²) in [5.74, 6) is -0.328. The number of nitrogens with zero attached hydrogens (tertiary/aromatic N) is 2. The molecule has 2 aliphatic rings. The monoisotopic (exact) mass is 289 g/mol. The first-order valence-electron chi connectivity index (χ1n) is 7.77. The van der Waals surface area contributed by atoms with Crippen LogP contribution >= 0.6 is 0 Å². The van der Waals surface area contributed by atoms with Crippen molar-refractivity contribution >= 4 is 11.8 Å². The number of fused-ring (bicyclic) bond motifs is 1. The molecule has 0 radical (unpaired) electrons. The molecule has 114 valence electrons. The third-order valence-electron chi connectivity index (χ3n) is 4.83. The van der Waals surface area contributed by atoms with E-state index in [1.54, 1.807) is 0 Å². The van der Waals surface area contributed by atoms with Crippen molar-refractivity contribution in [2.45, 2.75) is 51.1 Å². The van der Waals surface area contributed by atoms with Crippen LogP contribution in [-0.4, -0.2) is 46.6 Å². The van der Waals surface area contributed by atoms with Gasteiger partial charge in [-0.1, -0.05) is 0 Å². The van der Waals surface area contributed by atoms with Crippen LogP contribution in [0.5, 0.6) is 0 Å². The second-order valence-corrected chi connectivity index (χ2v) is 6.34. The summed E-state index contributed by atoms with van der Waals surface area (Å²) in [6, 6.07) is 2.64. The zero-order chi connectivity index (χ0) is 15.0. The van der Waals surface area contributed by atoms with Crippen molar-refractivity contribution in [3.8, 4) is 0 Å². The summed E-state index contributed by atoms with van der Waals surface area (Å²) in [6.45, 7) is 3.24. The van der Waals surface area contributed by atoms with Gasteiger partial charge in [0.1, 0.15) is 11.4 Å². The van der Waals surface area contributed by atoms with Crippen LogP contribution < -0.4 is 5.32 Å². The van der Waals surface area contributed by atoms with Crippen LogP contribution in [0.2, 0.25) is 0 Å². The molecular weight excluding hydrogens is 266 g/mol. The molecular formula is C16H23N3O2. The number of pyridine rings is 1. The first-order valence-corrected chi connectivity index (χ1v) is 7.77. The van der Waals surface area contributed by atoms with Gasteiger partial charge in [0.15, 0.2) is 0 Å². The number of carboxylic acid groups (broad SMARTS) is 1. The van der Waals surface area contributed by atoms with Gasteiger partial charge in [-0.3, -0.25) is 0 Å². The van der Waals surface area contributed by atoms with Crippen LogP contribution in [0.4, 0.5) is 5.82 Å². The summed E-state index contributed by atoms with van der Waals surface area (Å²) in [7, 11) is 2.14. The highest BCUT2D eigenvalue weighted by Gasteiger charge is 2.26. The number of anilines is 1. The fourth-order valence-electron chi connectivity index (χ4n) is 3.36. The lowest BCUT2D eigenvalue weighted by molar-refractivity contribution is 0.0697. The second-order valence-electron chi connectivity index (χ2n) is 6.34. The van der Waals surface area contributed by atoms with E-state index in [4.69, 9.17) is 0 Å². The predicted molar refractivity (Wildman–Crippen MR) is 82.0 cm³/mol. The van der Waals surface area contributed by atoms with E-state index in [1.807, 2.05) is 6.07 Å². The number of hydrogen-bond donors (Lipinski definition) is 2. The largest absolute Gasteiger partial charge is 0.478 e. The molecule has 2 unspecified atom stereocenters. The zero-order valence-electron chi connectivity index (χ0n) is 12.7. The van der Waals surface area contributed by atoms with Crippen LogP contribution in [0.3, 0.4) is 0 Å². The van der Waals surface area contributed by atoms with Gasteiger partial charge in [-0.15, -0.1) is 0 Å². The molecule has 2 heterocycles. The van der Waals surface area contributed by atoms with Gasteiger partial charge in [0.25, 0.3) is 0 Å². The first-order chi connectivity index (χ1) is 10.0. The maximum Gasteiger partial charge on any atom is 0.339 e. The van der Waals surface area contributed by atoms with Crippen molar-refractivity contribution in [3.05, 3.63) is 22.9 Å². The van der Waals surface area contributed by atoms with E-state index in [0.29, 0.717) is 23.5 Å². The van der Waals surface area contributed by atoms with Crippen LogP contribution in [-0.2, 0) is 12.8 Å². The highest BCUT2D eigenvalue weighted by molar-refractivity contribution is 5.93. The molecule has 5 nitrogen and oxygen atoms in total. The molecule has 1 saturated heterocycles. The van der Waals surface area contributed by atoms with E-state index in [2.05, 4.69) is 29.2 Å². The summed E-state index contributed by atoms with van der Waals surface area (Å²) in [5.41, 5.74) is 2.50. The molecule has 1 aliphatic heterocycles. The molecule has 5 heteroatoms. The van der Waals surface area contributed by atoms with Crippen molar-refractivity contribution in [3.63, 3.8) is 0 Å². The van der Waals surface area contributed by atoms with E-state index in [0.717, 1.165) is 49.9 Å². The lowest BCUT2D eigenvalue weighted by Gasteiger charge is -2.35. The molecule has 0 amide bonds. The lowest BCUT2D eigenvalue weighted by Crippen LogP contribution is -2.43. The molecule has 1 aromatic rings. The Morgan fingerprint density at radius 2 is 2.29 bits per heavy atom. The van der Waals surface area contributed by atoms with E-state index >= 15 is 0 Å². The van der Waals surface area contributed by atoms with Gasteiger partial charge in [0.05, 0.1) is 0 Å². The third-order valence-corrected chi connectivity index (χ3v) is 4.83. The Hall–Kier alpha value is -1.62. The Morgan fingerprint density at radius 1 is 1.48 bits per heavy atom. The van der Waals surface area contributed by atoms with E-state index < -0.39 is 5.97 Å². The Balaban J connectivity index is 1.83. The number of rotatable bonds is 3. The SMILES string of the molecule is CC1CC(Nc2nc3c(cc2C(=O)O)CCC3)CCN1C. The minimum atomic E-state index is -0.888. The number of carboxylic acids is 1. The molecule has 3 rings (SSSR count). The van der Waals surface area contributed by atoms with Gasteiger partial charge in [-0.25, -0.2) is 9.78 Å². The molecule has 1 fully saturated rings. The van der Waals surface area contributed by atoms with Gasteiger partial charge in [0, 0.05) is 24.3 Å². The fourth-order valence-corrected chi connectivity index (χ4v) is 3.36. The minimum Gasteiger partial charge on any atom is -0.478 e. The van der Waals surface area contributed by atoms with Crippen LogP contribution in [0.15, 0.2) is 6.07 Å². The standard InChI is InChI=1S/C16H23N3O2/c1-10-8-12(6-7-19(10)2)17-15-13(16(20)21)9-11-4-3-5-14(11)18-15/h9-10,12H,3-8H2,1-2H3,(H,17,18)(H,20,21). The van der Waals surface area contributed by atoms with Crippen LogP contribution in [0.1, 0.15) is 47.8 Å². The Morgan fingerprint density at radius 3 is 3.00 bits per heavy atom. The van der Waals surface area contributed by atoms with Crippen molar-refractivity contribution in [1.29, 1.82) is 0 Å². The maximum atomic E-state index is 11.5. The van der Waals surface area contributed by atoms with Gasteiger partial charge in [0.2, 0.25) is 0 Å². The average molecular weight is 289 g/mol. The molecule has 1 aromatic heterocycles. The number of piperidine rings is 1. The summed E-state index contributed by atoms with van der Waals surface area (Å²) < 4.78 is 0. The van der Waals surface area contributed by atoms with Gasteiger partial charge in [-0.05, 0) is 57.7 Å².